The van der Waals surface area contributed by atoms with Crippen LogP contribution in [-0.2, 0) is 0 Å². The quantitative estimate of drug-likeness (QED) is 0.761. The summed E-state index contributed by atoms with van der Waals surface area (Å²) in [5.74, 6) is 1.24. The van der Waals surface area contributed by atoms with Crippen LogP contribution in [0.5, 0.6) is 11.5 Å². The fourth-order valence-electron chi connectivity index (χ4n) is 1.16. The molecule has 0 saturated heterocycles. The monoisotopic (exact) mass is 205 g/mol. The van der Waals surface area contributed by atoms with Gasteiger partial charge in [0.05, 0.1) is 7.11 Å². The molecule has 3 heteroatoms. The predicted octanol–water partition coefficient (Wildman–Crippen LogP) is 2.68. The first-order valence-electron chi connectivity index (χ1n) is 4.73. The molecular weight excluding hydrogens is 190 g/mol. The minimum absolute atomic E-state index is 0.592. The van der Waals surface area contributed by atoms with E-state index >= 15 is 0 Å². The van der Waals surface area contributed by atoms with Crippen molar-refractivity contribution >= 4 is 0 Å². The fraction of sp³-hybridized carbons (Fsp3) is 0.417. The number of hydrogen-bond donors (Lipinski definition) is 0. The highest BCUT2D eigenvalue weighted by Crippen LogP contribution is 2.30. The third kappa shape index (κ3) is 2.88. The van der Waals surface area contributed by atoms with Gasteiger partial charge in [0, 0.05) is 0 Å². The van der Waals surface area contributed by atoms with Crippen LogP contribution in [0.3, 0.4) is 0 Å². The zero-order chi connectivity index (χ0) is 11.5. The molecule has 80 valence electrons. The molecule has 0 atom stereocenters. The normalized spacial score (nSPS) is 10.6. The average molecular weight is 205 g/mol. The zero-order valence-corrected chi connectivity index (χ0v) is 9.50. The molecular formula is C12H15NO2. The molecule has 0 aliphatic carbocycles. The minimum Gasteiger partial charge on any atom is -0.493 e. The number of methoxy groups -OCH3 is 1. The maximum Gasteiger partial charge on any atom is 0.188 e. The molecule has 0 bridgehead atoms. The Hall–Kier alpha value is -1.69. The number of ether oxygens (including phenoxy) is 2. The summed E-state index contributed by atoms with van der Waals surface area (Å²) >= 11 is 0. The van der Waals surface area contributed by atoms with E-state index < -0.39 is 5.60 Å². The number of nitrogens with zero attached hydrogens (tertiary/aromatic N) is 1. The molecule has 0 amide bonds. The van der Waals surface area contributed by atoms with Gasteiger partial charge in [-0.25, -0.2) is 0 Å². The van der Waals surface area contributed by atoms with Crippen molar-refractivity contribution < 1.29 is 9.47 Å². The molecule has 1 aromatic rings. The smallest absolute Gasteiger partial charge is 0.188 e. The molecule has 0 aromatic heterocycles. The third-order valence-electron chi connectivity index (χ3n) is 1.95. The van der Waals surface area contributed by atoms with E-state index in [1.807, 2.05) is 25.1 Å². The van der Waals surface area contributed by atoms with Gasteiger partial charge in [-0.3, -0.25) is 0 Å². The first-order chi connectivity index (χ1) is 6.98. The number of benzene rings is 1. The van der Waals surface area contributed by atoms with Gasteiger partial charge in [-0.1, -0.05) is 6.07 Å². The molecule has 0 fully saturated rings. The lowest BCUT2D eigenvalue weighted by Gasteiger charge is -2.20. The van der Waals surface area contributed by atoms with Gasteiger partial charge in [0.2, 0.25) is 0 Å². The Morgan fingerprint density at radius 1 is 1.27 bits per heavy atom. The van der Waals surface area contributed by atoms with E-state index in [4.69, 9.17) is 14.7 Å². The maximum absolute atomic E-state index is 8.86. The molecule has 0 spiro atoms. The van der Waals surface area contributed by atoms with Gasteiger partial charge in [-0.05, 0) is 38.5 Å². The first kappa shape index (κ1) is 11.4. The SMILES string of the molecule is COc1cc(C)ccc1OC(C)(C)C#N. The van der Waals surface area contributed by atoms with Crippen LogP contribution in [0.15, 0.2) is 18.2 Å². The lowest BCUT2D eigenvalue weighted by molar-refractivity contribution is 0.163. The molecule has 3 nitrogen and oxygen atoms in total. The van der Waals surface area contributed by atoms with E-state index in [9.17, 15) is 0 Å². The number of nitriles is 1. The van der Waals surface area contributed by atoms with Crippen molar-refractivity contribution in [1.29, 1.82) is 5.26 Å². The summed E-state index contributed by atoms with van der Waals surface area (Å²) in [7, 11) is 1.58. The minimum atomic E-state index is -0.845. The van der Waals surface area contributed by atoms with Crippen molar-refractivity contribution in [2.24, 2.45) is 0 Å². The van der Waals surface area contributed by atoms with Crippen molar-refractivity contribution in [3.05, 3.63) is 23.8 Å². The maximum atomic E-state index is 8.86. The highest BCUT2D eigenvalue weighted by atomic mass is 16.5. The van der Waals surface area contributed by atoms with Crippen molar-refractivity contribution in [3.8, 4) is 17.6 Å². The van der Waals surface area contributed by atoms with Crippen LogP contribution < -0.4 is 9.47 Å². The van der Waals surface area contributed by atoms with E-state index in [1.54, 1.807) is 21.0 Å². The zero-order valence-electron chi connectivity index (χ0n) is 9.50. The van der Waals surface area contributed by atoms with Crippen LogP contribution in [0.2, 0.25) is 0 Å². The molecule has 0 unspecified atom stereocenters. The largest absolute Gasteiger partial charge is 0.493 e. The van der Waals surface area contributed by atoms with E-state index in [0.717, 1.165) is 5.56 Å². The lowest BCUT2D eigenvalue weighted by atomic mass is 10.1. The van der Waals surface area contributed by atoms with Crippen molar-refractivity contribution in [2.45, 2.75) is 26.4 Å². The number of rotatable bonds is 3. The number of aryl methyl sites for hydroxylation is 1. The Kier molecular flexibility index (Phi) is 3.21. The van der Waals surface area contributed by atoms with Crippen LogP contribution in [-0.4, -0.2) is 12.7 Å². The second-order valence-corrected chi connectivity index (χ2v) is 3.88. The molecule has 1 aromatic carbocycles. The van der Waals surface area contributed by atoms with Crippen LogP contribution in [0.1, 0.15) is 19.4 Å². The molecule has 0 aliphatic heterocycles. The Labute approximate surface area is 90.2 Å². The van der Waals surface area contributed by atoms with Crippen LogP contribution in [0, 0.1) is 18.3 Å². The van der Waals surface area contributed by atoms with Gasteiger partial charge >= 0.3 is 0 Å². The summed E-state index contributed by atoms with van der Waals surface area (Å²) in [6.07, 6.45) is 0. The number of hydrogen-bond acceptors (Lipinski definition) is 3. The van der Waals surface area contributed by atoms with Crippen LogP contribution in [0.25, 0.3) is 0 Å². The summed E-state index contributed by atoms with van der Waals surface area (Å²) < 4.78 is 10.7. The standard InChI is InChI=1S/C12H15NO2/c1-9-5-6-10(11(7-9)14-4)15-12(2,3)8-13/h5-7H,1-4H3. The topological polar surface area (TPSA) is 42.2 Å². The molecule has 1 rings (SSSR count). The molecule has 0 N–H and O–H groups in total. The summed E-state index contributed by atoms with van der Waals surface area (Å²) in [6, 6.07) is 7.69. The highest BCUT2D eigenvalue weighted by Gasteiger charge is 2.20. The van der Waals surface area contributed by atoms with Gasteiger partial charge in [-0.2, -0.15) is 5.26 Å². The summed E-state index contributed by atoms with van der Waals surface area (Å²) in [5, 5.41) is 8.86. The van der Waals surface area contributed by atoms with E-state index in [-0.39, 0.29) is 0 Å². The summed E-state index contributed by atoms with van der Waals surface area (Å²) in [6.45, 7) is 5.40. The van der Waals surface area contributed by atoms with Crippen LogP contribution >= 0.6 is 0 Å². The third-order valence-corrected chi connectivity index (χ3v) is 1.95. The summed E-state index contributed by atoms with van der Waals surface area (Å²) in [4.78, 5) is 0. The first-order valence-corrected chi connectivity index (χ1v) is 4.73. The average Bonchev–Trinajstić information content (AvgIpc) is 2.20. The van der Waals surface area contributed by atoms with Gasteiger partial charge in [0.25, 0.3) is 0 Å². The summed E-state index contributed by atoms with van der Waals surface area (Å²) in [5.41, 5.74) is 0.247. The van der Waals surface area contributed by atoms with Gasteiger partial charge in [-0.15, -0.1) is 0 Å². The lowest BCUT2D eigenvalue weighted by Crippen LogP contribution is -2.25. The van der Waals surface area contributed by atoms with Gasteiger partial charge < -0.3 is 9.47 Å². The molecule has 0 aliphatic rings. The Morgan fingerprint density at radius 2 is 1.93 bits per heavy atom. The van der Waals surface area contributed by atoms with E-state index in [2.05, 4.69) is 6.07 Å². The van der Waals surface area contributed by atoms with E-state index in [1.165, 1.54) is 0 Å². The Bertz CT molecular complexity index is 391. The van der Waals surface area contributed by atoms with Crippen LogP contribution in [0.4, 0.5) is 0 Å². The van der Waals surface area contributed by atoms with Crippen molar-refractivity contribution in [1.82, 2.24) is 0 Å². The fourth-order valence-corrected chi connectivity index (χ4v) is 1.16. The van der Waals surface area contributed by atoms with Crippen molar-refractivity contribution in [2.75, 3.05) is 7.11 Å². The molecule has 0 heterocycles. The Balaban J connectivity index is 3.01. The van der Waals surface area contributed by atoms with Crippen molar-refractivity contribution in [3.63, 3.8) is 0 Å². The predicted molar refractivity (Wildman–Crippen MR) is 58.1 cm³/mol. The second kappa shape index (κ2) is 4.22. The Morgan fingerprint density at radius 3 is 2.47 bits per heavy atom. The van der Waals surface area contributed by atoms with E-state index in [0.29, 0.717) is 11.5 Å². The van der Waals surface area contributed by atoms with Gasteiger partial charge in [0.1, 0.15) is 6.07 Å². The molecule has 15 heavy (non-hydrogen) atoms. The molecule has 0 saturated carbocycles. The van der Waals surface area contributed by atoms with Gasteiger partial charge in [0.15, 0.2) is 17.1 Å². The highest BCUT2D eigenvalue weighted by molar-refractivity contribution is 5.43. The second-order valence-electron chi connectivity index (χ2n) is 3.88. The molecule has 0 radical (unpaired) electrons.